The highest BCUT2D eigenvalue weighted by Crippen LogP contribution is 2.17. The first kappa shape index (κ1) is 13.3. The van der Waals surface area contributed by atoms with Gasteiger partial charge in [-0.25, -0.2) is 0 Å². The Bertz CT molecular complexity index is 217. The molecule has 2 aliphatic heterocycles. The van der Waals surface area contributed by atoms with Gasteiger partial charge >= 0.3 is 0 Å². The SMILES string of the molecule is CCCN1CCN(CC2COCCC2O)CC1. The fraction of sp³-hybridized carbons (Fsp3) is 1.00. The first-order valence-electron chi connectivity index (χ1n) is 7.00. The number of aliphatic hydroxyl groups excluding tert-OH is 1. The quantitative estimate of drug-likeness (QED) is 0.775. The molecular formula is C13H26N2O2. The number of nitrogens with zero attached hydrogens (tertiary/aromatic N) is 2. The minimum Gasteiger partial charge on any atom is -0.393 e. The molecule has 2 atom stereocenters. The zero-order chi connectivity index (χ0) is 12.1. The average Bonchev–Trinajstić information content (AvgIpc) is 2.35. The van der Waals surface area contributed by atoms with Gasteiger partial charge in [0.15, 0.2) is 0 Å². The van der Waals surface area contributed by atoms with Crippen LogP contribution in [0, 0.1) is 5.92 Å². The largest absolute Gasteiger partial charge is 0.393 e. The molecule has 2 saturated heterocycles. The maximum Gasteiger partial charge on any atom is 0.0624 e. The molecule has 0 aliphatic carbocycles. The standard InChI is InChI=1S/C13H26N2O2/c1-2-4-14-5-7-15(8-6-14)10-12-11-17-9-3-13(12)16/h12-13,16H,2-11H2,1H3. The lowest BCUT2D eigenvalue weighted by atomic mass is 9.98. The predicted octanol–water partition coefficient (Wildman–Crippen LogP) is 0.411. The average molecular weight is 242 g/mol. The van der Waals surface area contributed by atoms with Crippen molar-refractivity contribution in [1.82, 2.24) is 9.80 Å². The summed E-state index contributed by atoms with van der Waals surface area (Å²) < 4.78 is 5.46. The number of hydrogen-bond donors (Lipinski definition) is 1. The molecule has 2 aliphatic rings. The van der Waals surface area contributed by atoms with Crippen LogP contribution in [0.2, 0.25) is 0 Å². The fourth-order valence-electron chi connectivity index (χ4n) is 2.80. The lowest BCUT2D eigenvalue weighted by Gasteiger charge is -2.38. The lowest BCUT2D eigenvalue weighted by Crippen LogP contribution is -2.50. The van der Waals surface area contributed by atoms with Gasteiger partial charge in [-0.3, -0.25) is 0 Å². The molecule has 0 amide bonds. The molecule has 2 unspecified atom stereocenters. The van der Waals surface area contributed by atoms with Crippen molar-refractivity contribution >= 4 is 0 Å². The zero-order valence-corrected chi connectivity index (χ0v) is 11.0. The van der Waals surface area contributed by atoms with E-state index in [2.05, 4.69) is 16.7 Å². The number of rotatable bonds is 4. The van der Waals surface area contributed by atoms with E-state index in [4.69, 9.17) is 4.74 Å². The van der Waals surface area contributed by atoms with Crippen LogP contribution >= 0.6 is 0 Å². The van der Waals surface area contributed by atoms with Crippen molar-refractivity contribution in [2.45, 2.75) is 25.9 Å². The molecule has 0 aromatic rings. The highest BCUT2D eigenvalue weighted by Gasteiger charge is 2.27. The molecular weight excluding hydrogens is 216 g/mol. The molecule has 0 spiro atoms. The van der Waals surface area contributed by atoms with Crippen LogP contribution in [0.5, 0.6) is 0 Å². The third-order valence-electron chi connectivity index (χ3n) is 3.93. The minimum absolute atomic E-state index is 0.155. The highest BCUT2D eigenvalue weighted by molar-refractivity contribution is 4.79. The monoisotopic (exact) mass is 242 g/mol. The van der Waals surface area contributed by atoms with Crippen LogP contribution in [0.25, 0.3) is 0 Å². The van der Waals surface area contributed by atoms with E-state index < -0.39 is 0 Å². The molecule has 1 N–H and O–H groups in total. The van der Waals surface area contributed by atoms with E-state index in [9.17, 15) is 5.11 Å². The summed E-state index contributed by atoms with van der Waals surface area (Å²) in [5.74, 6) is 0.321. The summed E-state index contributed by atoms with van der Waals surface area (Å²) >= 11 is 0. The molecule has 2 rings (SSSR count). The van der Waals surface area contributed by atoms with E-state index in [1.807, 2.05) is 0 Å². The van der Waals surface area contributed by atoms with Gasteiger partial charge < -0.3 is 19.6 Å². The second-order valence-electron chi connectivity index (χ2n) is 5.33. The van der Waals surface area contributed by atoms with Gasteiger partial charge in [0.2, 0.25) is 0 Å². The Morgan fingerprint density at radius 2 is 1.88 bits per heavy atom. The van der Waals surface area contributed by atoms with Crippen LogP contribution < -0.4 is 0 Å². The summed E-state index contributed by atoms with van der Waals surface area (Å²) in [4.78, 5) is 5.01. The van der Waals surface area contributed by atoms with Crippen molar-refractivity contribution in [3.8, 4) is 0 Å². The van der Waals surface area contributed by atoms with Crippen molar-refractivity contribution in [3.05, 3.63) is 0 Å². The lowest BCUT2D eigenvalue weighted by molar-refractivity contribution is -0.0502. The van der Waals surface area contributed by atoms with Gasteiger partial charge in [0.1, 0.15) is 0 Å². The van der Waals surface area contributed by atoms with Crippen molar-refractivity contribution in [2.24, 2.45) is 5.92 Å². The number of hydrogen-bond acceptors (Lipinski definition) is 4. The van der Waals surface area contributed by atoms with Gasteiger partial charge in [-0.1, -0.05) is 6.92 Å². The molecule has 0 bridgehead atoms. The van der Waals surface area contributed by atoms with Crippen LogP contribution in [-0.2, 0) is 4.74 Å². The van der Waals surface area contributed by atoms with Gasteiger partial charge in [0, 0.05) is 45.2 Å². The van der Waals surface area contributed by atoms with E-state index in [-0.39, 0.29) is 6.10 Å². The fourth-order valence-corrected chi connectivity index (χ4v) is 2.80. The van der Waals surface area contributed by atoms with Gasteiger partial charge in [-0.05, 0) is 19.4 Å². The molecule has 17 heavy (non-hydrogen) atoms. The van der Waals surface area contributed by atoms with Crippen molar-refractivity contribution in [2.75, 3.05) is 52.5 Å². The van der Waals surface area contributed by atoms with Gasteiger partial charge in [-0.2, -0.15) is 0 Å². The highest BCUT2D eigenvalue weighted by atomic mass is 16.5. The summed E-state index contributed by atoms with van der Waals surface area (Å²) in [7, 11) is 0. The molecule has 0 saturated carbocycles. The Balaban J connectivity index is 1.70. The van der Waals surface area contributed by atoms with Gasteiger partial charge in [0.05, 0.1) is 12.7 Å². The number of ether oxygens (including phenoxy) is 1. The molecule has 4 heteroatoms. The number of aliphatic hydroxyl groups is 1. The van der Waals surface area contributed by atoms with E-state index in [0.717, 1.165) is 39.3 Å². The van der Waals surface area contributed by atoms with Crippen molar-refractivity contribution in [1.29, 1.82) is 0 Å². The van der Waals surface area contributed by atoms with Crippen LogP contribution in [0.3, 0.4) is 0 Å². The van der Waals surface area contributed by atoms with E-state index in [1.165, 1.54) is 26.1 Å². The topological polar surface area (TPSA) is 35.9 Å². The van der Waals surface area contributed by atoms with Crippen molar-refractivity contribution in [3.63, 3.8) is 0 Å². The van der Waals surface area contributed by atoms with Crippen LogP contribution in [0.15, 0.2) is 0 Å². The maximum atomic E-state index is 9.92. The molecule has 0 aromatic carbocycles. The summed E-state index contributed by atoms with van der Waals surface area (Å²) in [5, 5.41) is 9.92. The van der Waals surface area contributed by atoms with E-state index in [0.29, 0.717) is 5.92 Å². The first-order valence-corrected chi connectivity index (χ1v) is 7.00. The van der Waals surface area contributed by atoms with Gasteiger partial charge in [0.25, 0.3) is 0 Å². The molecule has 2 heterocycles. The summed E-state index contributed by atoms with van der Waals surface area (Å²) in [5.41, 5.74) is 0. The normalized spacial score (nSPS) is 32.8. The number of piperazine rings is 1. The Labute approximate surface area is 105 Å². The first-order chi connectivity index (χ1) is 8.29. The maximum absolute atomic E-state index is 9.92. The molecule has 0 radical (unpaired) electrons. The Morgan fingerprint density at radius 3 is 2.53 bits per heavy atom. The third-order valence-corrected chi connectivity index (χ3v) is 3.93. The van der Waals surface area contributed by atoms with Crippen LogP contribution in [-0.4, -0.2) is 73.5 Å². The minimum atomic E-state index is -0.155. The summed E-state index contributed by atoms with van der Waals surface area (Å²) in [6.45, 7) is 10.6. The predicted molar refractivity (Wildman–Crippen MR) is 68.1 cm³/mol. The molecule has 2 fully saturated rings. The zero-order valence-electron chi connectivity index (χ0n) is 11.0. The molecule has 0 aromatic heterocycles. The smallest absolute Gasteiger partial charge is 0.0624 e. The van der Waals surface area contributed by atoms with E-state index in [1.54, 1.807) is 0 Å². The van der Waals surface area contributed by atoms with Crippen molar-refractivity contribution < 1.29 is 9.84 Å². The Hall–Kier alpha value is -0.160. The molecule has 100 valence electrons. The summed E-state index contributed by atoms with van der Waals surface area (Å²) in [6, 6.07) is 0. The molecule has 4 nitrogen and oxygen atoms in total. The third kappa shape index (κ3) is 3.91. The summed E-state index contributed by atoms with van der Waals surface area (Å²) in [6.07, 6.45) is 1.90. The van der Waals surface area contributed by atoms with E-state index >= 15 is 0 Å². The second kappa shape index (κ2) is 6.69. The van der Waals surface area contributed by atoms with Gasteiger partial charge in [-0.15, -0.1) is 0 Å². The second-order valence-corrected chi connectivity index (χ2v) is 5.33. The van der Waals surface area contributed by atoms with Crippen LogP contribution in [0.1, 0.15) is 19.8 Å². The Morgan fingerprint density at radius 1 is 1.18 bits per heavy atom. The van der Waals surface area contributed by atoms with Crippen LogP contribution in [0.4, 0.5) is 0 Å². The Kier molecular flexibility index (Phi) is 5.22.